The van der Waals surface area contributed by atoms with Gasteiger partial charge >= 0.3 is 0 Å². The van der Waals surface area contributed by atoms with Gasteiger partial charge < -0.3 is 10.2 Å². The Morgan fingerprint density at radius 3 is 2.93 bits per heavy atom. The minimum atomic E-state index is -1.11. The van der Waals surface area contributed by atoms with E-state index in [0.717, 1.165) is 12.3 Å². The Kier molecular flexibility index (Phi) is 3.73. The van der Waals surface area contributed by atoms with Crippen LogP contribution < -0.4 is 5.32 Å². The smallest absolute Gasteiger partial charge is 0.270 e. The maximum absolute atomic E-state index is 13.0. The Hall–Kier alpha value is -1.98. The van der Waals surface area contributed by atoms with Crippen molar-refractivity contribution in [1.29, 1.82) is 0 Å². The molecule has 0 radical (unpaired) electrons. The summed E-state index contributed by atoms with van der Waals surface area (Å²) in [5, 5.41) is 5.27. The van der Waals surface area contributed by atoms with Crippen molar-refractivity contribution in [3.63, 3.8) is 0 Å². The largest absolute Gasteiger partial charge is 0.399 e. The fraction of sp³-hybridized carbons (Fsp3) is 0.111. The lowest BCUT2D eigenvalue weighted by Gasteiger charge is -2.03. The van der Waals surface area contributed by atoms with E-state index in [4.69, 9.17) is 0 Å². The number of hydrogen-bond donors (Lipinski definition) is 1. The normalized spacial score (nSPS) is 10.3. The second kappa shape index (κ2) is 5.04. The maximum atomic E-state index is 13.0. The van der Waals surface area contributed by atoms with Crippen LogP contribution in [0.5, 0.6) is 0 Å². The first-order chi connectivity index (χ1) is 7.15. The molecule has 0 aromatic heterocycles. The third kappa shape index (κ3) is 3.01. The van der Waals surface area contributed by atoms with Gasteiger partial charge in [-0.3, -0.25) is 4.79 Å². The number of anilines is 1. The Morgan fingerprint density at radius 1 is 1.53 bits per heavy atom. The van der Waals surface area contributed by atoms with Crippen molar-refractivity contribution < 1.29 is 18.4 Å². The van der Waals surface area contributed by atoms with E-state index in [9.17, 15) is 13.6 Å². The standard InChI is InChI=1S/C9H8F2N2O2/c1-15-12-5-8(14)13-7-4-2-3-6(10)9(7)11/h2-5H,1H3,(H,13,14). The minimum Gasteiger partial charge on any atom is -0.399 e. The molecule has 1 amide bonds. The van der Waals surface area contributed by atoms with Gasteiger partial charge in [-0.1, -0.05) is 11.2 Å². The molecule has 0 aliphatic heterocycles. The molecule has 80 valence electrons. The van der Waals surface area contributed by atoms with E-state index >= 15 is 0 Å². The number of nitrogens with zero attached hydrogens (tertiary/aromatic N) is 1. The van der Waals surface area contributed by atoms with Crippen molar-refractivity contribution >= 4 is 17.8 Å². The van der Waals surface area contributed by atoms with Gasteiger partial charge in [-0.05, 0) is 12.1 Å². The third-order valence-electron chi connectivity index (χ3n) is 1.48. The number of hydrogen-bond acceptors (Lipinski definition) is 3. The van der Waals surface area contributed by atoms with Crippen LogP contribution in [-0.2, 0) is 9.63 Å². The molecule has 1 aromatic carbocycles. The summed E-state index contributed by atoms with van der Waals surface area (Å²) >= 11 is 0. The number of rotatable bonds is 3. The van der Waals surface area contributed by atoms with E-state index < -0.39 is 17.5 Å². The minimum absolute atomic E-state index is 0.248. The number of oxime groups is 1. The summed E-state index contributed by atoms with van der Waals surface area (Å²) in [6.45, 7) is 0. The van der Waals surface area contributed by atoms with Crippen LogP contribution in [0.1, 0.15) is 0 Å². The molecular weight excluding hydrogens is 206 g/mol. The predicted octanol–water partition coefficient (Wildman–Crippen LogP) is 1.54. The van der Waals surface area contributed by atoms with Crippen LogP contribution in [0.2, 0.25) is 0 Å². The van der Waals surface area contributed by atoms with Crippen LogP contribution in [0.15, 0.2) is 23.4 Å². The highest BCUT2D eigenvalue weighted by Crippen LogP contribution is 2.15. The Bertz CT molecular complexity index is 394. The second-order valence-corrected chi connectivity index (χ2v) is 2.51. The SMILES string of the molecule is CON=CC(=O)Nc1cccc(F)c1F. The van der Waals surface area contributed by atoms with Gasteiger partial charge in [0.15, 0.2) is 11.6 Å². The Balaban J connectivity index is 2.77. The van der Waals surface area contributed by atoms with Crippen molar-refractivity contribution in [1.82, 2.24) is 0 Å². The zero-order chi connectivity index (χ0) is 11.3. The molecule has 0 heterocycles. The first-order valence-electron chi connectivity index (χ1n) is 3.96. The van der Waals surface area contributed by atoms with Crippen LogP contribution in [0.3, 0.4) is 0 Å². The molecule has 0 aliphatic carbocycles. The van der Waals surface area contributed by atoms with Gasteiger partial charge in [0.2, 0.25) is 0 Å². The van der Waals surface area contributed by atoms with E-state index in [1.807, 2.05) is 0 Å². The highest BCUT2D eigenvalue weighted by Gasteiger charge is 2.08. The highest BCUT2D eigenvalue weighted by atomic mass is 19.2. The van der Waals surface area contributed by atoms with Crippen LogP contribution in [0, 0.1) is 11.6 Å². The summed E-state index contributed by atoms with van der Waals surface area (Å²) in [6, 6.07) is 3.46. The molecule has 1 aromatic rings. The molecule has 4 nitrogen and oxygen atoms in total. The third-order valence-corrected chi connectivity index (χ3v) is 1.48. The van der Waals surface area contributed by atoms with E-state index in [2.05, 4.69) is 15.3 Å². The number of carbonyl (C=O) groups is 1. The molecule has 0 bridgehead atoms. The molecule has 1 rings (SSSR count). The summed E-state index contributed by atoms with van der Waals surface area (Å²) in [7, 11) is 1.26. The van der Waals surface area contributed by atoms with Crippen LogP contribution in [0.4, 0.5) is 14.5 Å². The molecule has 0 atom stereocenters. The molecule has 0 aliphatic rings. The number of benzene rings is 1. The lowest BCUT2D eigenvalue weighted by molar-refractivity contribution is -0.110. The number of nitrogens with one attached hydrogen (secondary N) is 1. The second-order valence-electron chi connectivity index (χ2n) is 2.51. The first-order valence-corrected chi connectivity index (χ1v) is 3.96. The predicted molar refractivity (Wildman–Crippen MR) is 50.5 cm³/mol. The van der Waals surface area contributed by atoms with Gasteiger partial charge in [0.1, 0.15) is 13.3 Å². The quantitative estimate of drug-likeness (QED) is 0.612. The fourth-order valence-electron chi connectivity index (χ4n) is 0.866. The van der Waals surface area contributed by atoms with Gasteiger partial charge in [-0.2, -0.15) is 0 Å². The summed E-state index contributed by atoms with van der Waals surface area (Å²) < 4.78 is 25.7. The summed E-state index contributed by atoms with van der Waals surface area (Å²) in [6.07, 6.45) is 0.810. The summed E-state index contributed by atoms with van der Waals surface area (Å²) in [5.74, 6) is -2.85. The number of halogens is 2. The lowest BCUT2D eigenvalue weighted by atomic mass is 10.3. The van der Waals surface area contributed by atoms with Crippen molar-refractivity contribution in [3.05, 3.63) is 29.8 Å². The van der Waals surface area contributed by atoms with Crippen LogP contribution >= 0.6 is 0 Å². The van der Waals surface area contributed by atoms with E-state index in [0.29, 0.717) is 0 Å². The molecule has 0 unspecified atom stereocenters. The summed E-state index contributed by atoms with van der Waals surface area (Å²) in [5.41, 5.74) is -0.248. The number of carbonyl (C=O) groups excluding carboxylic acids is 1. The Labute approximate surface area is 84.5 Å². The molecule has 0 saturated heterocycles. The number of amides is 1. The zero-order valence-electron chi connectivity index (χ0n) is 7.83. The van der Waals surface area contributed by atoms with Gasteiger partial charge in [0.05, 0.1) is 5.69 Å². The van der Waals surface area contributed by atoms with Gasteiger partial charge in [-0.15, -0.1) is 0 Å². The molecule has 15 heavy (non-hydrogen) atoms. The van der Waals surface area contributed by atoms with Crippen LogP contribution in [-0.4, -0.2) is 19.2 Å². The molecular formula is C9H8F2N2O2. The molecule has 0 fully saturated rings. The monoisotopic (exact) mass is 214 g/mol. The molecule has 6 heteroatoms. The van der Waals surface area contributed by atoms with Crippen molar-refractivity contribution in [2.24, 2.45) is 5.16 Å². The van der Waals surface area contributed by atoms with Crippen LogP contribution in [0.25, 0.3) is 0 Å². The van der Waals surface area contributed by atoms with Gasteiger partial charge in [0.25, 0.3) is 5.91 Å². The maximum Gasteiger partial charge on any atom is 0.270 e. The van der Waals surface area contributed by atoms with E-state index in [1.165, 1.54) is 19.2 Å². The topological polar surface area (TPSA) is 50.7 Å². The van der Waals surface area contributed by atoms with E-state index in [1.54, 1.807) is 0 Å². The van der Waals surface area contributed by atoms with Crippen molar-refractivity contribution in [3.8, 4) is 0 Å². The molecule has 0 spiro atoms. The van der Waals surface area contributed by atoms with E-state index in [-0.39, 0.29) is 5.69 Å². The first kappa shape index (κ1) is 11.1. The fourth-order valence-corrected chi connectivity index (χ4v) is 0.866. The zero-order valence-corrected chi connectivity index (χ0v) is 7.83. The lowest BCUT2D eigenvalue weighted by Crippen LogP contribution is -2.14. The average molecular weight is 214 g/mol. The highest BCUT2D eigenvalue weighted by molar-refractivity contribution is 6.31. The van der Waals surface area contributed by atoms with Gasteiger partial charge in [0, 0.05) is 0 Å². The average Bonchev–Trinajstić information content (AvgIpc) is 2.22. The molecule has 1 N–H and O–H groups in total. The summed E-state index contributed by atoms with van der Waals surface area (Å²) in [4.78, 5) is 15.3. The van der Waals surface area contributed by atoms with Gasteiger partial charge in [-0.25, -0.2) is 8.78 Å². The van der Waals surface area contributed by atoms with Crippen molar-refractivity contribution in [2.45, 2.75) is 0 Å². The van der Waals surface area contributed by atoms with Crippen molar-refractivity contribution in [2.75, 3.05) is 12.4 Å². The molecule has 0 saturated carbocycles. The Morgan fingerprint density at radius 2 is 2.27 bits per heavy atom.